The van der Waals surface area contributed by atoms with Crippen molar-refractivity contribution in [1.29, 1.82) is 0 Å². The molecule has 0 fully saturated rings. The number of hydrogen-bond acceptors (Lipinski definition) is 4. The predicted octanol–water partition coefficient (Wildman–Crippen LogP) is 3.91. The molecule has 0 heterocycles. The molecule has 0 rings (SSSR count). The van der Waals surface area contributed by atoms with Gasteiger partial charge in [-0.25, -0.2) is 0 Å². The lowest BCUT2D eigenvalue weighted by atomic mass is 9.78. The largest absolute Gasteiger partial charge is 0.598 e. The minimum absolute atomic E-state index is 0.292. The smallest absolute Gasteiger partial charge is 0.328 e. The van der Waals surface area contributed by atoms with Gasteiger partial charge in [0.1, 0.15) is 4.75 Å². The normalized spacial score (nSPS) is 16.9. The molecule has 0 saturated carbocycles. The summed E-state index contributed by atoms with van der Waals surface area (Å²) < 4.78 is 20.2. The summed E-state index contributed by atoms with van der Waals surface area (Å²) in [6.45, 7) is 17.6. The van der Waals surface area contributed by atoms with Gasteiger partial charge in [-0.15, -0.1) is 11.3 Å². The highest BCUT2D eigenvalue weighted by Crippen LogP contribution is 2.32. The lowest BCUT2D eigenvalue weighted by Gasteiger charge is -2.36. The van der Waals surface area contributed by atoms with Crippen molar-refractivity contribution in [2.24, 2.45) is 5.41 Å². The Morgan fingerprint density at radius 1 is 1.35 bits per heavy atom. The van der Waals surface area contributed by atoms with Crippen molar-refractivity contribution in [3.05, 3.63) is 24.3 Å². The van der Waals surface area contributed by atoms with Crippen molar-refractivity contribution in [3.8, 4) is 0 Å². The fourth-order valence-electron chi connectivity index (χ4n) is 2.00. The Bertz CT molecular complexity index is 424. The summed E-state index contributed by atoms with van der Waals surface area (Å²) in [6.07, 6.45) is 5.44. The molecule has 0 aromatic carbocycles. The number of ether oxygens (including phenoxy) is 1. The highest BCUT2D eigenvalue weighted by molar-refractivity contribution is 7.90. The van der Waals surface area contributed by atoms with Gasteiger partial charge in [-0.05, 0) is 54.4 Å². The third-order valence-electron chi connectivity index (χ3n) is 3.66. The Labute approximate surface area is 145 Å². The van der Waals surface area contributed by atoms with E-state index in [0.29, 0.717) is 6.61 Å². The van der Waals surface area contributed by atoms with Crippen LogP contribution < -0.4 is 4.72 Å². The van der Waals surface area contributed by atoms with Crippen LogP contribution in [0.5, 0.6) is 0 Å². The van der Waals surface area contributed by atoms with E-state index in [1.807, 2.05) is 41.5 Å². The van der Waals surface area contributed by atoms with Gasteiger partial charge in [0, 0.05) is 16.8 Å². The molecule has 23 heavy (non-hydrogen) atoms. The molecule has 0 aromatic heterocycles. The molecule has 0 bridgehead atoms. The first-order valence-corrected chi connectivity index (χ1v) is 9.24. The number of carbonyl (C=O) groups is 1. The Hall–Kier alpha value is -0.780. The van der Waals surface area contributed by atoms with E-state index in [0.717, 1.165) is 12.8 Å². The van der Waals surface area contributed by atoms with Crippen molar-refractivity contribution in [3.63, 3.8) is 0 Å². The monoisotopic (exact) mass is 343 g/mol. The number of esters is 1. The Balaban J connectivity index is 5.38. The molecule has 0 saturated heterocycles. The zero-order chi connectivity index (χ0) is 18.3. The van der Waals surface area contributed by atoms with Crippen LogP contribution in [-0.4, -0.2) is 27.9 Å². The van der Waals surface area contributed by atoms with Gasteiger partial charge in [0.2, 0.25) is 0 Å². The van der Waals surface area contributed by atoms with Crippen LogP contribution in [0, 0.1) is 5.41 Å². The van der Waals surface area contributed by atoms with E-state index >= 15 is 0 Å². The van der Waals surface area contributed by atoms with Crippen LogP contribution in [-0.2, 0) is 20.9 Å². The van der Waals surface area contributed by atoms with E-state index < -0.39 is 27.6 Å². The summed E-state index contributed by atoms with van der Waals surface area (Å²) in [7, 11) is 0. The minimum Gasteiger partial charge on any atom is -0.598 e. The van der Waals surface area contributed by atoms with Crippen LogP contribution in [0.25, 0.3) is 0 Å². The van der Waals surface area contributed by atoms with Gasteiger partial charge in [0.15, 0.2) is 6.04 Å². The van der Waals surface area contributed by atoms with Crippen molar-refractivity contribution >= 4 is 17.3 Å². The van der Waals surface area contributed by atoms with Crippen LogP contribution in [0.1, 0.15) is 61.3 Å². The quantitative estimate of drug-likeness (QED) is 0.392. The second kappa shape index (κ2) is 9.50. The van der Waals surface area contributed by atoms with E-state index in [-0.39, 0.29) is 5.97 Å². The van der Waals surface area contributed by atoms with E-state index in [1.54, 1.807) is 13.0 Å². The Morgan fingerprint density at radius 2 is 1.91 bits per heavy atom. The van der Waals surface area contributed by atoms with Crippen molar-refractivity contribution in [2.75, 3.05) is 6.61 Å². The topological polar surface area (TPSA) is 61.4 Å². The van der Waals surface area contributed by atoms with Gasteiger partial charge in [0.05, 0.1) is 6.61 Å². The predicted molar refractivity (Wildman–Crippen MR) is 98.4 cm³/mol. The molecule has 0 aromatic rings. The van der Waals surface area contributed by atoms with Gasteiger partial charge in [-0.1, -0.05) is 24.6 Å². The first-order valence-electron chi connectivity index (χ1n) is 8.09. The summed E-state index contributed by atoms with van der Waals surface area (Å²) in [5, 5.41) is 0. The maximum atomic E-state index is 12.5. The Morgan fingerprint density at radius 3 is 2.30 bits per heavy atom. The van der Waals surface area contributed by atoms with Crippen LogP contribution in [0.15, 0.2) is 24.3 Å². The molecular formula is C18H33NO3S. The first-order chi connectivity index (χ1) is 10.5. The molecule has 0 spiro atoms. The molecule has 3 atom stereocenters. The van der Waals surface area contributed by atoms with E-state index in [9.17, 15) is 9.35 Å². The lowest BCUT2D eigenvalue weighted by molar-refractivity contribution is -0.147. The molecule has 0 aliphatic heterocycles. The lowest BCUT2D eigenvalue weighted by Crippen LogP contribution is -2.55. The molecule has 5 heteroatoms. The third kappa shape index (κ3) is 7.55. The van der Waals surface area contributed by atoms with Crippen molar-refractivity contribution < 1.29 is 14.1 Å². The molecule has 134 valence electrons. The average molecular weight is 344 g/mol. The highest BCUT2D eigenvalue weighted by Gasteiger charge is 2.42. The Kier molecular flexibility index (Phi) is 9.18. The summed E-state index contributed by atoms with van der Waals surface area (Å²) in [5.74, 6) is -0.385. The standard InChI is InChI=1S/C18H33NO3S/c1-9-18(8,13-11-12-14(3)4)15(16(20)22-10-2)19-23(21)17(5,6)7/h9,12,15,19H,1,10-11,13H2,2-8H3/t15-,18-,23?/m1/s1. The highest BCUT2D eigenvalue weighted by atomic mass is 32.2. The average Bonchev–Trinajstić information content (AvgIpc) is 2.42. The third-order valence-corrected chi connectivity index (χ3v) is 5.23. The first kappa shape index (κ1) is 22.2. The molecule has 0 radical (unpaired) electrons. The maximum absolute atomic E-state index is 12.5. The zero-order valence-electron chi connectivity index (χ0n) is 15.7. The number of carbonyl (C=O) groups excluding carboxylic acids is 1. The maximum Gasteiger partial charge on any atom is 0.328 e. The van der Waals surface area contributed by atoms with Crippen LogP contribution >= 0.6 is 0 Å². The van der Waals surface area contributed by atoms with E-state index in [1.165, 1.54) is 5.57 Å². The molecule has 0 aliphatic carbocycles. The fourth-order valence-corrected chi connectivity index (χ4v) is 2.93. The summed E-state index contributed by atoms with van der Waals surface area (Å²) in [4.78, 5) is 12.4. The summed E-state index contributed by atoms with van der Waals surface area (Å²) >= 11 is -1.37. The van der Waals surface area contributed by atoms with Crippen molar-refractivity contribution in [1.82, 2.24) is 4.72 Å². The fraction of sp³-hybridized carbons (Fsp3) is 0.722. The molecule has 1 N–H and O–H groups in total. The van der Waals surface area contributed by atoms with Crippen LogP contribution in [0.3, 0.4) is 0 Å². The molecule has 4 nitrogen and oxygen atoms in total. The van der Waals surface area contributed by atoms with Gasteiger partial charge < -0.3 is 9.29 Å². The van der Waals surface area contributed by atoms with Crippen LogP contribution in [0.2, 0.25) is 0 Å². The van der Waals surface area contributed by atoms with E-state index in [2.05, 4.69) is 17.4 Å². The van der Waals surface area contributed by atoms with Gasteiger partial charge in [-0.3, -0.25) is 4.79 Å². The van der Waals surface area contributed by atoms with Gasteiger partial charge in [0.25, 0.3) is 0 Å². The minimum atomic E-state index is -1.37. The molecule has 1 unspecified atom stereocenters. The number of nitrogens with one attached hydrogen (secondary N) is 1. The van der Waals surface area contributed by atoms with Crippen LogP contribution in [0.4, 0.5) is 0 Å². The van der Waals surface area contributed by atoms with Gasteiger partial charge >= 0.3 is 5.97 Å². The number of hydrogen-bond donors (Lipinski definition) is 1. The molecular weight excluding hydrogens is 310 g/mol. The number of rotatable bonds is 9. The second-order valence-electron chi connectivity index (χ2n) is 7.21. The summed E-state index contributed by atoms with van der Waals surface area (Å²) in [5.41, 5.74) is 0.689. The van der Waals surface area contributed by atoms with Gasteiger partial charge in [-0.2, -0.15) is 0 Å². The SMILES string of the molecule is C=C[C@](C)(CCC=C(C)C)[C@H](N[S+]([O-])C(C)(C)C)C(=O)OCC. The van der Waals surface area contributed by atoms with Crippen molar-refractivity contribution in [2.45, 2.75) is 72.1 Å². The molecule has 0 amide bonds. The summed E-state index contributed by atoms with van der Waals surface area (Å²) in [6, 6.07) is -0.689. The second-order valence-corrected chi connectivity index (χ2v) is 9.21. The number of allylic oxidation sites excluding steroid dienone is 2. The molecule has 0 aliphatic rings. The zero-order valence-corrected chi connectivity index (χ0v) is 16.5. The van der Waals surface area contributed by atoms with E-state index in [4.69, 9.17) is 4.74 Å².